The second-order valence-electron chi connectivity index (χ2n) is 6.83. The first kappa shape index (κ1) is 22.7. The number of carbonyl (C=O) groups is 1. The van der Waals surface area contributed by atoms with Crippen LogP contribution in [0.4, 0.5) is 4.39 Å². The van der Waals surface area contributed by atoms with E-state index in [0.29, 0.717) is 18.8 Å². The first-order valence-electron chi connectivity index (χ1n) is 9.55. The van der Waals surface area contributed by atoms with Gasteiger partial charge in [0.25, 0.3) is 0 Å². The number of carbonyl (C=O) groups excluding carboxylic acids is 1. The van der Waals surface area contributed by atoms with Crippen LogP contribution in [0, 0.1) is 17.1 Å². The Balaban J connectivity index is 1.80. The Morgan fingerprint density at radius 2 is 2.00 bits per heavy atom. The number of rotatable bonds is 7. The van der Waals surface area contributed by atoms with E-state index >= 15 is 0 Å². The molecular formula is C21H22FN3O5S. The zero-order valence-corrected chi connectivity index (χ0v) is 17.7. The average Bonchev–Trinajstić information content (AvgIpc) is 2.78. The van der Waals surface area contributed by atoms with Gasteiger partial charge in [-0.15, -0.1) is 0 Å². The number of sulfonamides is 1. The number of ether oxygens (including phenoxy) is 2. The average molecular weight is 447 g/mol. The van der Waals surface area contributed by atoms with Crippen LogP contribution >= 0.6 is 0 Å². The molecule has 31 heavy (non-hydrogen) atoms. The van der Waals surface area contributed by atoms with Gasteiger partial charge in [-0.3, -0.25) is 4.79 Å². The van der Waals surface area contributed by atoms with Crippen LogP contribution in [-0.2, 0) is 26.0 Å². The van der Waals surface area contributed by atoms with Crippen LogP contribution in [0.2, 0.25) is 0 Å². The van der Waals surface area contributed by atoms with E-state index in [4.69, 9.17) is 9.47 Å². The number of hydrogen-bond acceptors (Lipinski definition) is 6. The summed E-state index contributed by atoms with van der Waals surface area (Å²) in [5, 5.41) is 11.8. The second kappa shape index (κ2) is 9.87. The molecule has 1 unspecified atom stereocenters. The number of nitrogens with one attached hydrogen (secondary N) is 1. The summed E-state index contributed by atoms with van der Waals surface area (Å²) in [6, 6.07) is 10.8. The molecule has 0 aliphatic carbocycles. The lowest BCUT2D eigenvalue weighted by Gasteiger charge is -2.26. The SMILES string of the molecule is COc1ccc(CC(=O)NC(C#N)c2ccccc2F)cc1S(=O)(=O)N1CCOCC1. The fourth-order valence-corrected chi connectivity index (χ4v) is 4.86. The van der Waals surface area contributed by atoms with Gasteiger partial charge in [0.05, 0.1) is 32.8 Å². The standard InChI is InChI=1S/C21H22FN3O5S/c1-29-19-7-6-15(12-20(19)31(27,28)25-8-10-30-11-9-25)13-21(26)24-18(14-23)16-4-2-3-5-17(16)22/h2-7,12,18H,8-11,13H2,1H3,(H,24,26). The summed E-state index contributed by atoms with van der Waals surface area (Å²) in [6.45, 7) is 1.05. The Bertz CT molecular complexity index is 1090. The van der Waals surface area contributed by atoms with E-state index in [0.717, 1.165) is 0 Å². The van der Waals surface area contributed by atoms with Crippen molar-refractivity contribution in [3.8, 4) is 11.8 Å². The topological polar surface area (TPSA) is 109 Å². The van der Waals surface area contributed by atoms with Crippen LogP contribution in [0.25, 0.3) is 0 Å². The number of nitriles is 1. The second-order valence-corrected chi connectivity index (χ2v) is 8.74. The fraction of sp³-hybridized carbons (Fsp3) is 0.333. The molecule has 1 amide bonds. The van der Waals surface area contributed by atoms with Crippen molar-refractivity contribution in [2.75, 3.05) is 33.4 Å². The third-order valence-electron chi connectivity index (χ3n) is 4.83. The van der Waals surface area contributed by atoms with Crippen molar-refractivity contribution in [2.24, 2.45) is 0 Å². The molecule has 1 atom stereocenters. The van der Waals surface area contributed by atoms with Gasteiger partial charge in [0.15, 0.2) is 0 Å². The molecular weight excluding hydrogens is 425 g/mol. The van der Waals surface area contributed by atoms with Gasteiger partial charge in [-0.05, 0) is 23.8 Å². The maximum Gasteiger partial charge on any atom is 0.246 e. The number of methoxy groups -OCH3 is 1. The summed E-state index contributed by atoms with van der Waals surface area (Å²) in [6.07, 6.45) is -0.192. The van der Waals surface area contributed by atoms with Crippen LogP contribution in [0.5, 0.6) is 5.75 Å². The maximum absolute atomic E-state index is 14.0. The molecule has 10 heteroatoms. The summed E-state index contributed by atoms with van der Waals surface area (Å²) in [7, 11) is -2.48. The first-order chi connectivity index (χ1) is 14.9. The molecule has 1 aliphatic rings. The zero-order chi connectivity index (χ0) is 22.4. The fourth-order valence-electron chi connectivity index (χ4n) is 3.24. The van der Waals surface area contributed by atoms with Crippen LogP contribution in [-0.4, -0.2) is 52.0 Å². The minimum Gasteiger partial charge on any atom is -0.495 e. The molecule has 164 valence electrons. The Morgan fingerprint density at radius 1 is 1.29 bits per heavy atom. The van der Waals surface area contributed by atoms with E-state index < -0.39 is 27.8 Å². The number of halogens is 1. The van der Waals surface area contributed by atoms with E-state index in [1.54, 1.807) is 12.1 Å². The smallest absolute Gasteiger partial charge is 0.246 e. The lowest BCUT2D eigenvalue weighted by molar-refractivity contribution is -0.120. The van der Waals surface area contributed by atoms with Crippen LogP contribution in [0.15, 0.2) is 47.4 Å². The summed E-state index contributed by atoms with van der Waals surface area (Å²) in [4.78, 5) is 12.4. The molecule has 0 saturated carbocycles. The van der Waals surface area contributed by atoms with Crippen molar-refractivity contribution < 1.29 is 27.1 Å². The summed E-state index contributed by atoms with van der Waals surface area (Å²) >= 11 is 0. The lowest BCUT2D eigenvalue weighted by atomic mass is 10.1. The highest BCUT2D eigenvalue weighted by molar-refractivity contribution is 7.89. The van der Waals surface area contributed by atoms with Crippen LogP contribution in [0.3, 0.4) is 0 Å². The summed E-state index contributed by atoms with van der Waals surface area (Å²) in [5.74, 6) is -0.982. The van der Waals surface area contributed by atoms with E-state index in [1.165, 1.54) is 41.7 Å². The molecule has 2 aromatic rings. The predicted molar refractivity (Wildman–Crippen MR) is 109 cm³/mol. The van der Waals surface area contributed by atoms with Gasteiger partial charge in [-0.25, -0.2) is 12.8 Å². The molecule has 0 bridgehead atoms. The molecule has 1 saturated heterocycles. The minimum atomic E-state index is -3.84. The Hall–Kier alpha value is -3.00. The molecule has 0 spiro atoms. The Kier molecular flexibility index (Phi) is 7.22. The van der Waals surface area contributed by atoms with Crippen molar-refractivity contribution in [3.63, 3.8) is 0 Å². The van der Waals surface area contributed by atoms with Gasteiger partial charge < -0.3 is 14.8 Å². The van der Waals surface area contributed by atoms with Gasteiger partial charge >= 0.3 is 0 Å². The van der Waals surface area contributed by atoms with Gasteiger partial charge in [-0.2, -0.15) is 9.57 Å². The van der Waals surface area contributed by atoms with Crippen LogP contribution in [0.1, 0.15) is 17.2 Å². The highest BCUT2D eigenvalue weighted by Crippen LogP contribution is 2.28. The quantitative estimate of drug-likeness (QED) is 0.693. The normalized spacial score (nSPS) is 15.6. The molecule has 3 rings (SSSR count). The molecule has 1 fully saturated rings. The van der Waals surface area contributed by atoms with Gasteiger partial charge in [-0.1, -0.05) is 24.3 Å². The minimum absolute atomic E-state index is 0.0480. The van der Waals surface area contributed by atoms with Crippen molar-refractivity contribution in [1.29, 1.82) is 5.26 Å². The number of morpholine rings is 1. The molecule has 0 aromatic heterocycles. The predicted octanol–water partition coefficient (Wildman–Crippen LogP) is 1.78. The van der Waals surface area contributed by atoms with E-state index in [9.17, 15) is 22.9 Å². The van der Waals surface area contributed by atoms with Crippen molar-refractivity contribution in [3.05, 3.63) is 59.4 Å². The highest BCUT2D eigenvalue weighted by atomic mass is 32.2. The van der Waals surface area contributed by atoms with Gasteiger partial charge in [0.2, 0.25) is 15.9 Å². The van der Waals surface area contributed by atoms with Gasteiger partial charge in [0.1, 0.15) is 22.5 Å². The van der Waals surface area contributed by atoms with Crippen molar-refractivity contribution in [2.45, 2.75) is 17.4 Å². The van der Waals surface area contributed by atoms with Crippen molar-refractivity contribution >= 4 is 15.9 Å². The highest BCUT2D eigenvalue weighted by Gasteiger charge is 2.29. The Labute approximate surface area is 180 Å². The van der Waals surface area contributed by atoms with Gasteiger partial charge in [0, 0.05) is 18.7 Å². The zero-order valence-electron chi connectivity index (χ0n) is 16.9. The van der Waals surface area contributed by atoms with Crippen LogP contribution < -0.4 is 10.1 Å². The monoisotopic (exact) mass is 447 g/mol. The molecule has 2 aromatic carbocycles. The molecule has 8 nitrogen and oxygen atoms in total. The molecule has 1 aliphatic heterocycles. The van der Waals surface area contributed by atoms with E-state index in [1.807, 2.05) is 6.07 Å². The third kappa shape index (κ3) is 5.19. The summed E-state index contributed by atoms with van der Waals surface area (Å²) in [5.41, 5.74) is 0.471. The number of benzene rings is 2. The van der Waals surface area contributed by atoms with Crippen molar-refractivity contribution in [1.82, 2.24) is 9.62 Å². The maximum atomic E-state index is 14.0. The molecule has 1 heterocycles. The molecule has 0 radical (unpaired) electrons. The summed E-state index contributed by atoms with van der Waals surface area (Å²) < 4.78 is 51.8. The van der Waals surface area contributed by atoms with E-state index in [2.05, 4.69) is 5.32 Å². The lowest BCUT2D eigenvalue weighted by Crippen LogP contribution is -2.40. The number of hydrogen-bond donors (Lipinski definition) is 1. The third-order valence-corrected chi connectivity index (χ3v) is 6.75. The Morgan fingerprint density at radius 3 is 2.65 bits per heavy atom. The number of nitrogens with zero attached hydrogens (tertiary/aromatic N) is 2. The first-order valence-corrected chi connectivity index (χ1v) is 11.0. The number of amides is 1. The molecule has 1 N–H and O–H groups in total. The van der Waals surface area contributed by atoms with E-state index in [-0.39, 0.29) is 35.7 Å². The largest absolute Gasteiger partial charge is 0.495 e.